The Morgan fingerprint density at radius 1 is 1.50 bits per heavy atom. The molecule has 0 fully saturated rings. The van der Waals surface area contributed by atoms with Gasteiger partial charge in [0.15, 0.2) is 11.6 Å². The number of hydrogen-bond donors (Lipinski definition) is 1. The molecule has 1 aromatic rings. The van der Waals surface area contributed by atoms with E-state index in [1.165, 1.54) is 13.2 Å². The molecular formula is C11H15FO2. The lowest BCUT2D eigenvalue weighted by molar-refractivity contribution is 0.278. The zero-order valence-corrected chi connectivity index (χ0v) is 8.46. The van der Waals surface area contributed by atoms with Crippen LogP contribution in [0.15, 0.2) is 18.2 Å². The molecular weight excluding hydrogens is 183 g/mol. The molecule has 1 aromatic carbocycles. The van der Waals surface area contributed by atoms with Crippen LogP contribution < -0.4 is 4.74 Å². The van der Waals surface area contributed by atoms with Crippen molar-refractivity contribution in [2.45, 2.75) is 19.3 Å². The standard InChI is InChI=1S/C11H15FO2/c1-8(5-6-13)9-3-4-11(14-2)10(12)7-9/h3-4,7-8,13H,5-6H2,1-2H3. The molecule has 0 aromatic heterocycles. The highest BCUT2D eigenvalue weighted by Crippen LogP contribution is 2.24. The highest BCUT2D eigenvalue weighted by molar-refractivity contribution is 5.30. The quantitative estimate of drug-likeness (QED) is 0.804. The molecule has 0 aliphatic rings. The van der Waals surface area contributed by atoms with Crippen molar-refractivity contribution in [3.63, 3.8) is 0 Å². The van der Waals surface area contributed by atoms with Gasteiger partial charge >= 0.3 is 0 Å². The van der Waals surface area contributed by atoms with Crippen LogP contribution >= 0.6 is 0 Å². The first-order chi connectivity index (χ1) is 6.69. The van der Waals surface area contributed by atoms with Crippen molar-refractivity contribution >= 4 is 0 Å². The first-order valence-electron chi connectivity index (χ1n) is 4.63. The fourth-order valence-electron chi connectivity index (χ4n) is 1.35. The van der Waals surface area contributed by atoms with Crippen LogP contribution in [0.4, 0.5) is 4.39 Å². The fraction of sp³-hybridized carbons (Fsp3) is 0.455. The summed E-state index contributed by atoms with van der Waals surface area (Å²) in [5.74, 6) is 0.0696. The number of hydrogen-bond acceptors (Lipinski definition) is 2. The zero-order chi connectivity index (χ0) is 10.6. The van der Waals surface area contributed by atoms with E-state index in [2.05, 4.69) is 0 Å². The summed E-state index contributed by atoms with van der Waals surface area (Å²) in [5, 5.41) is 8.75. The summed E-state index contributed by atoms with van der Waals surface area (Å²) in [5.41, 5.74) is 0.886. The molecule has 0 aliphatic carbocycles. The van der Waals surface area contributed by atoms with Crippen molar-refractivity contribution in [3.05, 3.63) is 29.6 Å². The summed E-state index contributed by atoms with van der Waals surface area (Å²) in [6.45, 7) is 2.08. The first-order valence-corrected chi connectivity index (χ1v) is 4.63. The van der Waals surface area contributed by atoms with Crippen LogP contribution in [0, 0.1) is 5.82 Å². The van der Waals surface area contributed by atoms with Gasteiger partial charge in [-0.3, -0.25) is 0 Å². The highest BCUT2D eigenvalue weighted by atomic mass is 19.1. The van der Waals surface area contributed by atoms with Gasteiger partial charge in [-0.1, -0.05) is 13.0 Å². The summed E-state index contributed by atoms with van der Waals surface area (Å²) in [7, 11) is 1.44. The molecule has 0 amide bonds. The average molecular weight is 198 g/mol. The predicted octanol–water partition coefficient (Wildman–Crippen LogP) is 2.32. The summed E-state index contributed by atoms with van der Waals surface area (Å²) in [4.78, 5) is 0. The number of methoxy groups -OCH3 is 1. The van der Waals surface area contributed by atoms with Gasteiger partial charge in [0.25, 0.3) is 0 Å². The smallest absolute Gasteiger partial charge is 0.165 e. The second-order valence-electron chi connectivity index (χ2n) is 3.31. The van der Waals surface area contributed by atoms with Gasteiger partial charge in [-0.05, 0) is 30.0 Å². The molecule has 0 saturated heterocycles. The van der Waals surface area contributed by atoms with Crippen LogP contribution in [0.2, 0.25) is 0 Å². The number of halogens is 1. The minimum Gasteiger partial charge on any atom is -0.494 e. The third kappa shape index (κ3) is 2.45. The van der Waals surface area contributed by atoms with E-state index in [-0.39, 0.29) is 24.1 Å². The second-order valence-corrected chi connectivity index (χ2v) is 3.31. The molecule has 1 atom stereocenters. The molecule has 0 heterocycles. The van der Waals surface area contributed by atoms with E-state index in [0.717, 1.165) is 5.56 Å². The van der Waals surface area contributed by atoms with E-state index in [0.29, 0.717) is 6.42 Å². The normalized spacial score (nSPS) is 12.6. The molecule has 78 valence electrons. The molecule has 0 radical (unpaired) electrons. The zero-order valence-electron chi connectivity index (χ0n) is 8.46. The van der Waals surface area contributed by atoms with Gasteiger partial charge in [-0.15, -0.1) is 0 Å². The Bertz CT molecular complexity index is 299. The minimum absolute atomic E-state index is 0.120. The molecule has 1 rings (SSSR count). The maximum atomic E-state index is 13.3. The molecule has 2 nitrogen and oxygen atoms in total. The number of ether oxygens (including phenoxy) is 1. The van der Waals surface area contributed by atoms with Crippen molar-refractivity contribution in [1.82, 2.24) is 0 Å². The lowest BCUT2D eigenvalue weighted by Crippen LogP contribution is -1.98. The Balaban J connectivity index is 2.85. The second kappa shape index (κ2) is 4.96. The van der Waals surface area contributed by atoms with E-state index >= 15 is 0 Å². The number of aliphatic hydroxyl groups is 1. The maximum absolute atomic E-state index is 13.3. The van der Waals surface area contributed by atoms with Crippen LogP contribution in [0.3, 0.4) is 0 Å². The fourth-order valence-corrected chi connectivity index (χ4v) is 1.35. The van der Waals surface area contributed by atoms with Crippen molar-refractivity contribution in [3.8, 4) is 5.75 Å². The van der Waals surface area contributed by atoms with Crippen LogP contribution in [0.1, 0.15) is 24.8 Å². The first kappa shape index (κ1) is 11.0. The highest BCUT2D eigenvalue weighted by Gasteiger charge is 2.08. The number of benzene rings is 1. The van der Waals surface area contributed by atoms with Crippen LogP contribution in [0.5, 0.6) is 5.75 Å². The third-order valence-electron chi connectivity index (χ3n) is 2.31. The number of rotatable bonds is 4. The van der Waals surface area contributed by atoms with Gasteiger partial charge in [0.05, 0.1) is 7.11 Å². The molecule has 0 aliphatic heterocycles. The molecule has 1 unspecified atom stereocenters. The molecule has 0 saturated carbocycles. The SMILES string of the molecule is COc1ccc(C(C)CCO)cc1F. The molecule has 14 heavy (non-hydrogen) atoms. The average Bonchev–Trinajstić information content (AvgIpc) is 2.18. The number of aliphatic hydroxyl groups excluding tert-OH is 1. The van der Waals surface area contributed by atoms with Crippen molar-refractivity contribution in [1.29, 1.82) is 0 Å². The van der Waals surface area contributed by atoms with Gasteiger partial charge in [-0.2, -0.15) is 0 Å². The van der Waals surface area contributed by atoms with E-state index in [9.17, 15) is 4.39 Å². The predicted molar refractivity (Wildman–Crippen MR) is 53.1 cm³/mol. The van der Waals surface area contributed by atoms with Gasteiger partial charge in [-0.25, -0.2) is 4.39 Å². The van der Waals surface area contributed by atoms with E-state index < -0.39 is 0 Å². The Morgan fingerprint density at radius 3 is 2.71 bits per heavy atom. The van der Waals surface area contributed by atoms with Crippen LogP contribution in [-0.4, -0.2) is 18.8 Å². The molecule has 3 heteroatoms. The van der Waals surface area contributed by atoms with Crippen LogP contribution in [0.25, 0.3) is 0 Å². The lowest BCUT2D eigenvalue weighted by atomic mass is 9.98. The largest absolute Gasteiger partial charge is 0.494 e. The Kier molecular flexibility index (Phi) is 3.89. The van der Waals surface area contributed by atoms with Crippen molar-refractivity contribution in [2.75, 3.05) is 13.7 Å². The van der Waals surface area contributed by atoms with E-state index in [1.54, 1.807) is 6.07 Å². The summed E-state index contributed by atoms with van der Waals surface area (Å²) in [6.07, 6.45) is 0.645. The van der Waals surface area contributed by atoms with Gasteiger partial charge in [0.2, 0.25) is 0 Å². The topological polar surface area (TPSA) is 29.5 Å². The molecule has 0 spiro atoms. The Labute approximate surface area is 83.3 Å². The van der Waals surface area contributed by atoms with Crippen molar-refractivity contribution in [2.24, 2.45) is 0 Å². The van der Waals surface area contributed by atoms with Gasteiger partial charge in [0, 0.05) is 6.61 Å². The lowest BCUT2D eigenvalue weighted by Gasteiger charge is -2.11. The summed E-state index contributed by atoms with van der Waals surface area (Å²) >= 11 is 0. The monoisotopic (exact) mass is 198 g/mol. The van der Waals surface area contributed by atoms with Gasteiger partial charge in [0.1, 0.15) is 0 Å². The summed E-state index contributed by atoms with van der Waals surface area (Å²) < 4.78 is 18.1. The molecule has 1 N–H and O–H groups in total. The van der Waals surface area contributed by atoms with Gasteiger partial charge < -0.3 is 9.84 Å². The van der Waals surface area contributed by atoms with Crippen LogP contribution in [-0.2, 0) is 0 Å². The maximum Gasteiger partial charge on any atom is 0.165 e. The third-order valence-corrected chi connectivity index (χ3v) is 2.31. The Hall–Kier alpha value is -1.09. The minimum atomic E-state index is -0.352. The van der Waals surface area contributed by atoms with E-state index in [4.69, 9.17) is 9.84 Å². The Morgan fingerprint density at radius 2 is 2.21 bits per heavy atom. The van der Waals surface area contributed by atoms with Crippen molar-refractivity contribution < 1.29 is 14.2 Å². The molecule has 0 bridgehead atoms. The van der Waals surface area contributed by atoms with E-state index in [1.807, 2.05) is 13.0 Å². The summed E-state index contributed by atoms with van der Waals surface area (Å²) in [6, 6.07) is 4.89.